The third kappa shape index (κ3) is 5.49. The summed E-state index contributed by atoms with van der Waals surface area (Å²) < 4.78 is 5.47. The molecule has 0 aromatic carbocycles. The Morgan fingerprint density at radius 3 is 2.40 bits per heavy atom. The number of carbonyl (C=O) groups excluding carboxylic acids is 1. The highest BCUT2D eigenvalue weighted by atomic mass is 16.5. The maximum Gasteiger partial charge on any atom is 0.305 e. The summed E-state index contributed by atoms with van der Waals surface area (Å²) in [6, 6.07) is -0.338. The van der Waals surface area contributed by atoms with E-state index in [9.17, 15) is 9.59 Å². The highest BCUT2D eigenvalue weighted by Crippen LogP contribution is 2.33. The molecule has 0 aromatic rings. The summed E-state index contributed by atoms with van der Waals surface area (Å²) >= 11 is 0. The second-order valence-corrected chi connectivity index (χ2v) is 6.70. The number of hydrogen-bond acceptors (Lipinski definition) is 3. The van der Waals surface area contributed by atoms with Crippen LogP contribution in [0.4, 0.5) is 0 Å². The Kier molecular flexibility index (Phi) is 5.99. The lowest BCUT2D eigenvalue weighted by atomic mass is 9.79. The highest BCUT2D eigenvalue weighted by Gasteiger charge is 2.33. The van der Waals surface area contributed by atoms with Gasteiger partial charge in [0.15, 0.2) is 0 Å². The van der Waals surface area contributed by atoms with E-state index in [-0.39, 0.29) is 23.8 Å². The van der Waals surface area contributed by atoms with Gasteiger partial charge in [0, 0.05) is 19.1 Å². The van der Waals surface area contributed by atoms with E-state index in [0.29, 0.717) is 25.0 Å². The van der Waals surface area contributed by atoms with Crippen LogP contribution >= 0.6 is 0 Å². The minimum atomic E-state index is -0.884. The molecule has 116 valence electrons. The molecule has 0 heterocycles. The van der Waals surface area contributed by atoms with Crippen molar-refractivity contribution in [1.82, 2.24) is 5.32 Å². The van der Waals surface area contributed by atoms with Gasteiger partial charge in [-0.3, -0.25) is 9.59 Å². The standard InChI is InChI=1S/C15H27NO4/c1-5-20-11-6-10(7-11)8-13(17)16-12(9-14(18)19)15(2,3)4/h10-12H,5-9H2,1-4H3,(H,16,17)(H,18,19). The number of carboxylic acid groups (broad SMARTS) is 1. The molecule has 5 heteroatoms. The van der Waals surface area contributed by atoms with Gasteiger partial charge in [-0.05, 0) is 31.1 Å². The van der Waals surface area contributed by atoms with E-state index in [1.54, 1.807) is 0 Å². The molecule has 1 fully saturated rings. The fourth-order valence-corrected chi connectivity index (χ4v) is 2.48. The second-order valence-electron chi connectivity index (χ2n) is 6.70. The van der Waals surface area contributed by atoms with Crippen LogP contribution in [0.3, 0.4) is 0 Å². The molecule has 20 heavy (non-hydrogen) atoms. The van der Waals surface area contributed by atoms with Crippen LogP contribution in [0.5, 0.6) is 0 Å². The normalized spacial score (nSPS) is 23.8. The van der Waals surface area contributed by atoms with Crippen molar-refractivity contribution < 1.29 is 19.4 Å². The average Bonchev–Trinajstić information content (AvgIpc) is 2.23. The molecule has 5 nitrogen and oxygen atoms in total. The number of ether oxygens (including phenoxy) is 1. The van der Waals surface area contributed by atoms with Gasteiger partial charge < -0.3 is 15.2 Å². The Morgan fingerprint density at radius 1 is 1.35 bits per heavy atom. The van der Waals surface area contributed by atoms with Crippen LogP contribution in [-0.4, -0.2) is 35.7 Å². The van der Waals surface area contributed by atoms with E-state index in [0.717, 1.165) is 12.8 Å². The van der Waals surface area contributed by atoms with Gasteiger partial charge in [-0.25, -0.2) is 0 Å². The molecule has 2 N–H and O–H groups in total. The fourth-order valence-electron chi connectivity index (χ4n) is 2.48. The van der Waals surface area contributed by atoms with E-state index in [4.69, 9.17) is 9.84 Å². The first-order valence-corrected chi connectivity index (χ1v) is 7.35. The van der Waals surface area contributed by atoms with E-state index in [1.807, 2.05) is 27.7 Å². The monoisotopic (exact) mass is 285 g/mol. The van der Waals surface area contributed by atoms with Gasteiger partial charge >= 0.3 is 5.97 Å². The zero-order chi connectivity index (χ0) is 15.3. The smallest absolute Gasteiger partial charge is 0.305 e. The maximum atomic E-state index is 12.0. The quantitative estimate of drug-likeness (QED) is 0.752. The van der Waals surface area contributed by atoms with E-state index in [2.05, 4.69) is 5.32 Å². The summed E-state index contributed by atoms with van der Waals surface area (Å²) in [5.41, 5.74) is -0.262. The lowest BCUT2D eigenvalue weighted by molar-refractivity contribution is -0.138. The Labute approximate surface area is 121 Å². The van der Waals surface area contributed by atoms with Gasteiger partial charge in [0.1, 0.15) is 0 Å². The molecule has 1 atom stereocenters. The zero-order valence-corrected chi connectivity index (χ0v) is 12.9. The summed E-state index contributed by atoms with van der Waals surface area (Å²) in [5.74, 6) is -0.562. The predicted octanol–water partition coefficient (Wildman–Crippen LogP) is 2.20. The van der Waals surface area contributed by atoms with Crippen LogP contribution in [0, 0.1) is 11.3 Å². The average molecular weight is 285 g/mol. The summed E-state index contributed by atoms with van der Waals surface area (Å²) in [6.45, 7) is 8.51. The first-order chi connectivity index (χ1) is 9.22. The van der Waals surface area contributed by atoms with Crippen LogP contribution in [0.2, 0.25) is 0 Å². The van der Waals surface area contributed by atoms with Crippen LogP contribution in [0.1, 0.15) is 53.4 Å². The summed E-state index contributed by atoms with van der Waals surface area (Å²) in [6.07, 6.45) is 2.59. The molecule has 1 aliphatic rings. The molecule has 1 saturated carbocycles. The Balaban J connectivity index is 2.38. The molecule has 0 spiro atoms. The number of hydrogen-bond donors (Lipinski definition) is 2. The number of carboxylic acids is 1. The summed E-state index contributed by atoms with van der Waals surface area (Å²) in [5, 5.41) is 11.8. The number of rotatable bonds is 7. The van der Waals surface area contributed by atoms with Crippen molar-refractivity contribution in [1.29, 1.82) is 0 Å². The van der Waals surface area contributed by atoms with Crippen molar-refractivity contribution in [3.8, 4) is 0 Å². The van der Waals surface area contributed by atoms with Crippen LogP contribution in [0.15, 0.2) is 0 Å². The summed E-state index contributed by atoms with van der Waals surface area (Å²) in [4.78, 5) is 22.9. The minimum absolute atomic E-state index is 0.0402. The molecular weight excluding hydrogens is 258 g/mol. The van der Waals surface area contributed by atoms with Crippen LogP contribution in [-0.2, 0) is 14.3 Å². The molecule has 1 rings (SSSR count). The molecule has 0 saturated heterocycles. The van der Waals surface area contributed by atoms with Crippen molar-refractivity contribution in [3.05, 3.63) is 0 Å². The predicted molar refractivity (Wildman–Crippen MR) is 76.4 cm³/mol. The van der Waals surface area contributed by atoms with Gasteiger partial charge in [-0.2, -0.15) is 0 Å². The number of amides is 1. The molecule has 1 aliphatic carbocycles. The Bertz CT molecular complexity index is 342. The van der Waals surface area contributed by atoms with Crippen molar-refractivity contribution >= 4 is 11.9 Å². The van der Waals surface area contributed by atoms with Crippen molar-refractivity contribution in [2.45, 2.75) is 65.5 Å². The van der Waals surface area contributed by atoms with E-state index < -0.39 is 5.97 Å². The molecule has 0 bridgehead atoms. The minimum Gasteiger partial charge on any atom is -0.481 e. The molecular formula is C15H27NO4. The SMILES string of the molecule is CCOC1CC(CC(=O)NC(CC(=O)O)C(C)(C)C)C1. The van der Waals surface area contributed by atoms with Crippen molar-refractivity contribution in [2.24, 2.45) is 11.3 Å². The Hall–Kier alpha value is -1.10. The largest absolute Gasteiger partial charge is 0.481 e. The topological polar surface area (TPSA) is 75.6 Å². The third-order valence-electron chi connectivity index (χ3n) is 3.83. The van der Waals surface area contributed by atoms with Gasteiger partial charge in [-0.15, -0.1) is 0 Å². The molecule has 1 unspecified atom stereocenters. The van der Waals surface area contributed by atoms with Gasteiger partial charge in [0.25, 0.3) is 0 Å². The van der Waals surface area contributed by atoms with Gasteiger partial charge in [-0.1, -0.05) is 20.8 Å². The molecule has 0 radical (unpaired) electrons. The maximum absolute atomic E-state index is 12.0. The van der Waals surface area contributed by atoms with Crippen LogP contribution in [0.25, 0.3) is 0 Å². The van der Waals surface area contributed by atoms with Crippen LogP contribution < -0.4 is 5.32 Å². The van der Waals surface area contributed by atoms with Gasteiger partial charge in [0.05, 0.1) is 12.5 Å². The van der Waals surface area contributed by atoms with Gasteiger partial charge in [0.2, 0.25) is 5.91 Å². The number of carbonyl (C=O) groups is 2. The first-order valence-electron chi connectivity index (χ1n) is 7.35. The highest BCUT2D eigenvalue weighted by molar-refractivity contribution is 5.77. The molecule has 0 aromatic heterocycles. The van der Waals surface area contributed by atoms with Crippen molar-refractivity contribution in [2.75, 3.05) is 6.61 Å². The van der Waals surface area contributed by atoms with E-state index in [1.165, 1.54) is 0 Å². The zero-order valence-electron chi connectivity index (χ0n) is 12.9. The summed E-state index contributed by atoms with van der Waals surface area (Å²) in [7, 11) is 0. The third-order valence-corrected chi connectivity index (χ3v) is 3.83. The van der Waals surface area contributed by atoms with Crippen molar-refractivity contribution in [3.63, 3.8) is 0 Å². The molecule has 0 aliphatic heterocycles. The van der Waals surface area contributed by atoms with E-state index >= 15 is 0 Å². The number of nitrogens with one attached hydrogen (secondary N) is 1. The number of aliphatic carboxylic acids is 1. The lowest BCUT2D eigenvalue weighted by Gasteiger charge is -2.36. The first kappa shape index (κ1) is 17.0. The molecule has 1 amide bonds. The fraction of sp³-hybridized carbons (Fsp3) is 0.867. The Morgan fingerprint density at radius 2 is 1.95 bits per heavy atom. The lowest BCUT2D eigenvalue weighted by Crippen LogP contribution is -2.46. The second kappa shape index (κ2) is 7.07.